The molecule has 0 heterocycles. The van der Waals surface area contributed by atoms with Gasteiger partial charge in [-0.2, -0.15) is 0 Å². The van der Waals surface area contributed by atoms with Gasteiger partial charge in [-0.1, -0.05) is 19.9 Å². The van der Waals surface area contributed by atoms with E-state index in [2.05, 4.69) is 5.32 Å². The number of hydrogen-bond donors (Lipinski definition) is 2. The molecule has 0 saturated carbocycles. The fourth-order valence-corrected chi connectivity index (χ4v) is 2.15. The Morgan fingerprint density at radius 3 is 2.19 bits per heavy atom. The minimum absolute atomic E-state index is 0.0579. The first kappa shape index (κ1) is 19.2. The van der Waals surface area contributed by atoms with E-state index < -0.39 is 12.1 Å². The maximum absolute atomic E-state index is 12.4. The zero-order valence-electron chi connectivity index (χ0n) is 14.9. The van der Waals surface area contributed by atoms with E-state index in [1.807, 2.05) is 0 Å². The van der Waals surface area contributed by atoms with Gasteiger partial charge in [0.1, 0.15) is 5.75 Å². The predicted octanol–water partition coefficient (Wildman–Crippen LogP) is 3.41. The van der Waals surface area contributed by atoms with Crippen molar-refractivity contribution in [2.45, 2.75) is 26.9 Å². The van der Waals surface area contributed by atoms with Crippen LogP contribution in [0.3, 0.4) is 0 Å². The van der Waals surface area contributed by atoms with E-state index in [-0.39, 0.29) is 28.9 Å². The van der Waals surface area contributed by atoms with Crippen molar-refractivity contribution in [1.82, 2.24) is 0 Å². The fourth-order valence-electron chi connectivity index (χ4n) is 2.15. The van der Waals surface area contributed by atoms with Gasteiger partial charge >= 0.3 is 5.97 Å². The molecule has 0 aromatic heterocycles. The number of ether oxygens (including phenoxy) is 1. The van der Waals surface area contributed by atoms with E-state index >= 15 is 0 Å². The zero-order valence-corrected chi connectivity index (χ0v) is 14.9. The lowest BCUT2D eigenvalue weighted by Crippen LogP contribution is -2.24. The summed E-state index contributed by atoms with van der Waals surface area (Å²) in [5.74, 6) is -1.37. The number of aromatic hydroxyl groups is 1. The van der Waals surface area contributed by atoms with E-state index in [9.17, 15) is 19.5 Å². The third-order valence-electron chi connectivity index (χ3n) is 3.70. The normalized spacial score (nSPS) is 11.7. The molecule has 0 spiro atoms. The van der Waals surface area contributed by atoms with Crippen molar-refractivity contribution in [3.05, 3.63) is 59.7 Å². The second-order valence-electron chi connectivity index (χ2n) is 6.18. The molecule has 0 fully saturated rings. The number of nitrogens with one attached hydrogen (secondary N) is 1. The quantitative estimate of drug-likeness (QED) is 0.612. The maximum Gasteiger partial charge on any atom is 0.338 e. The SMILES string of the molecule is CC(C)C(=O)Nc1ccc(C(=O)[C@@H](C)OC(=O)c2cccc(O)c2)cc1. The second kappa shape index (κ2) is 8.29. The number of phenols is 1. The Bertz CT molecular complexity index is 811. The van der Waals surface area contributed by atoms with Crippen LogP contribution in [0.4, 0.5) is 5.69 Å². The van der Waals surface area contributed by atoms with Gasteiger partial charge < -0.3 is 15.2 Å². The highest BCUT2D eigenvalue weighted by atomic mass is 16.5. The van der Waals surface area contributed by atoms with Crippen LogP contribution in [0, 0.1) is 5.92 Å². The first-order valence-electron chi connectivity index (χ1n) is 8.23. The van der Waals surface area contributed by atoms with Gasteiger partial charge in [0.05, 0.1) is 5.56 Å². The summed E-state index contributed by atoms with van der Waals surface area (Å²) in [5.41, 5.74) is 1.12. The van der Waals surface area contributed by atoms with Crippen LogP contribution in [0.25, 0.3) is 0 Å². The summed E-state index contributed by atoms with van der Waals surface area (Å²) < 4.78 is 5.16. The van der Waals surface area contributed by atoms with Gasteiger partial charge in [-0.15, -0.1) is 0 Å². The number of phenolic OH excluding ortho intramolecular Hbond substituents is 1. The number of amides is 1. The van der Waals surface area contributed by atoms with Crippen molar-refractivity contribution in [1.29, 1.82) is 0 Å². The van der Waals surface area contributed by atoms with Crippen molar-refractivity contribution in [2.75, 3.05) is 5.32 Å². The molecular formula is C20H21NO5. The topological polar surface area (TPSA) is 92.7 Å². The summed E-state index contributed by atoms with van der Waals surface area (Å²) in [7, 11) is 0. The van der Waals surface area contributed by atoms with Gasteiger partial charge in [0.2, 0.25) is 11.7 Å². The van der Waals surface area contributed by atoms with Crippen molar-refractivity contribution < 1.29 is 24.2 Å². The highest BCUT2D eigenvalue weighted by molar-refractivity contribution is 6.02. The van der Waals surface area contributed by atoms with Crippen LogP contribution < -0.4 is 5.32 Å². The third-order valence-corrected chi connectivity index (χ3v) is 3.70. The smallest absolute Gasteiger partial charge is 0.338 e. The fraction of sp³-hybridized carbons (Fsp3) is 0.250. The minimum atomic E-state index is -0.985. The van der Waals surface area contributed by atoms with Gasteiger partial charge in [-0.25, -0.2) is 4.79 Å². The molecule has 1 amide bonds. The molecular weight excluding hydrogens is 334 g/mol. The monoisotopic (exact) mass is 355 g/mol. The predicted molar refractivity (Wildman–Crippen MR) is 97.2 cm³/mol. The largest absolute Gasteiger partial charge is 0.508 e. The number of ketones is 1. The molecule has 0 aliphatic carbocycles. The Balaban J connectivity index is 2.01. The number of esters is 1. The van der Waals surface area contributed by atoms with Gasteiger partial charge in [-0.3, -0.25) is 9.59 Å². The molecule has 0 radical (unpaired) electrons. The second-order valence-corrected chi connectivity index (χ2v) is 6.18. The minimum Gasteiger partial charge on any atom is -0.508 e. The van der Waals surface area contributed by atoms with E-state index in [1.54, 1.807) is 38.1 Å². The van der Waals surface area contributed by atoms with Crippen molar-refractivity contribution in [3.8, 4) is 5.75 Å². The van der Waals surface area contributed by atoms with Crippen LogP contribution in [0.2, 0.25) is 0 Å². The summed E-state index contributed by atoms with van der Waals surface area (Å²) in [6.45, 7) is 5.06. The number of carbonyl (C=O) groups is 3. The van der Waals surface area contributed by atoms with Crippen LogP contribution in [-0.4, -0.2) is 28.9 Å². The highest BCUT2D eigenvalue weighted by Crippen LogP contribution is 2.16. The molecule has 0 unspecified atom stereocenters. The molecule has 6 heteroatoms. The molecule has 0 saturated heterocycles. The molecule has 1 atom stereocenters. The standard InChI is InChI=1S/C20H21NO5/c1-12(2)19(24)21-16-9-7-14(8-10-16)18(23)13(3)26-20(25)15-5-4-6-17(22)11-15/h4-13,22H,1-3H3,(H,21,24)/t13-/m1/s1. The van der Waals surface area contributed by atoms with Crippen molar-refractivity contribution in [2.24, 2.45) is 5.92 Å². The van der Waals surface area contributed by atoms with Crippen molar-refractivity contribution >= 4 is 23.3 Å². The molecule has 6 nitrogen and oxygen atoms in total. The molecule has 0 bridgehead atoms. The van der Waals surface area contributed by atoms with Crippen LogP contribution >= 0.6 is 0 Å². The summed E-state index contributed by atoms with van der Waals surface area (Å²) >= 11 is 0. The lowest BCUT2D eigenvalue weighted by molar-refractivity contribution is -0.118. The number of Topliss-reactive ketones (excluding diaryl/α,β-unsaturated/α-hetero) is 1. The van der Waals surface area contributed by atoms with Crippen LogP contribution in [0.15, 0.2) is 48.5 Å². The third kappa shape index (κ3) is 4.92. The molecule has 26 heavy (non-hydrogen) atoms. The average Bonchev–Trinajstić information content (AvgIpc) is 2.61. The Kier molecular flexibility index (Phi) is 6.11. The van der Waals surface area contributed by atoms with Gasteiger partial charge in [0, 0.05) is 17.2 Å². The summed E-state index contributed by atoms with van der Waals surface area (Å²) in [5, 5.41) is 12.1. The zero-order chi connectivity index (χ0) is 19.3. The number of benzene rings is 2. The Morgan fingerprint density at radius 2 is 1.62 bits per heavy atom. The highest BCUT2D eigenvalue weighted by Gasteiger charge is 2.20. The van der Waals surface area contributed by atoms with Crippen LogP contribution in [-0.2, 0) is 9.53 Å². The molecule has 136 valence electrons. The van der Waals surface area contributed by atoms with Crippen LogP contribution in [0.1, 0.15) is 41.5 Å². The van der Waals surface area contributed by atoms with E-state index in [4.69, 9.17) is 4.74 Å². The number of hydrogen-bond acceptors (Lipinski definition) is 5. The average molecular weight is 355 g/mol. The molecule has 2 aromatic carbocycles. The molecule has 0 aliphatic heterocycles. The Labute approximate surface area is 151 Å². The van der Waals surface area contributed by atoms with E-state index in [1.165, 1.54) is 31.2 Å². The lowest BCUT2D eigenvalue weighted by atomic mass is 10.1. The summed E-state index contributed by atoms with van der Waals surface area (Å²) in [6.07, 6.45) is -0.985. The van der Waals surface area contributed by atoms with E-state index in [0.29, 0.717) is 11.3 Å². The number of rotatable bonds is 6. The first-order chi connectivity index (χ1) is 12.3. The molecule has 0 aliphatic rings. The Hall–Kier alpha value is -3.15. The number of anilines is 1. The summed E-state index contributed by atoms with van der Waals surface area (Å²) in [6, 6.07) is 12.1. The maximum atomic E-state index is 12.4. The summed E-state index contributed by atoms with van der Waals surface area (Å²) in [4.78, 5) is 36.1. The van der Waals surface area contributed by atoms with Gasteiger partial charge in [0.15, 0.2) is 6.10 Å². The number of carbonyl (C=O) groups excluding carboxylic acids is 3. The van der Waals surface area contributed by atoms with E-state index in [0.717, 1.165) is 0 Å². The van der Waals surface area contributed by atoms with Crippen LogP contribution in [0.5, 0.6) is 5.75 Å². The first-order valence-corrected chi connectivity index (χ1v) is 8.23. The molecule has 2 aromatic rings. The lowest BCUT2D eigenvalue weighted by Gasteiger charge is -2.13. The van der Waals surface area contributed by atoms with Crippen molar-refractivity contribution in [3.63, 3.8) is 0 Å². The molecule has 2 N–H and O–H groups in total. The molecule has 2 rings (SSSR count). The Morgan fingerprint density at radius 1 is 0.962 bits per heavy atom. The van der Waals surface area contributed by atoms with Gasteiger partial charge in [-0.05, 0) is 49.4 Å². The van der Waals surface area contributed by atoms with Gasteiger partial charge in [0.25, 0.3) is 0 Å².